The molecule has 0 saturated carbocycles. The summed E-state index contributed by atoms with van der Waals surface area (Å²) in [4.78, 5) is 16.3. The highest BCUT2D eigenvalue weighted by Crippen LogP contribution is 2.20. The number of aromatic nitrogens is 1. The van der Waals surface area contributed by atoms with Gasteiger partial charge in [0.25, 0.3) is 0 Å². The molecule has 3 rings (SSSR count). The number of anilines is 1. The first kappa shape index (κ1) is 16.2. The molecule has 6 heteroatoms. The lowest BCUT2D eigenvalue weighted by Gasteiger charge is -2.09. The molecule has 2 aromatic rings. The van der Waals surface area contributed by atoms with Crippen LogP contribution in [0.2, 0.25) is 0 Å². The van der Waals surface area contributed by atoms with E-state index in [1.807, 2.05) is 24.3 Å². The lowest BCUT2D eigenvalue weighted by molar-refractivity contribution is -0.119. The third kappa shape index (κ3) is 4.21. The van der Waals surface area contributed by atoms with E-state index < -0.39 is 15.8 Å². The second kappa shape index (κ2) is 6.85. The summed E-state index contributed by atoms with van der Waals surface area (Å²) in [5, 5.41) is 2.77. The number of hydrogen-bond donors (Lipinski definition) is 1. The van der Waals surface area contributed by atoms with Gasteiger partial charge in [-0.1, -0.05) is 18.1 Å². The zero-order chi connectivity index (χ0) is 17.0. The predicted molar refractivity (Wildman–Crippen MR) is 92.0 cm³/mol. The molecular weight excluding hydrogens is 324 g/mol. The van der Waals surface area contributed by atoms with Crippen molar-refractivity contribution in [2.24, 2.45) is 5.92 Å². The zero-order valence-electron chi connectivity index (χ0n) is 12.9. The topological polar surface area (TPSA) is 76.1 Å². The number of nitrogens with one attached hydrogen (secondary N) is 1. The molecule has 24 heavy (non-hydrogen) atoms. The Labute approximate surface area is 141 Å². The quantitative estimate of drug-likeness (QED) is 0.847. The molecule has 1 aliphatic rings. The van der Waals surface area contributed by atoms with Crippen LogP contribution in [0.5, 0.6) is 0 Å². The van der Waals surface area contributed by atoms with Gasteiger partial charge in [-0.15, -0.1) is 0 Å². The molecule has 0 radical (unpaired) electrons. The van der Waals surface area contributed by atoms with Crippen LogP contribution in [0.1, 0.15) is 17.7 Å². The van der Waals surface area contributed by atoms with E-state index in [4.69, 9.17) is 0 Å². The Bertz CT molecular complexity index is 912. The van der Waals surface area contributed by atoms with Crippen LogP contribution in [0.15, 0.2) is 48.7 Å². The highest BCUT2D eigenvalue weighted by molar-refractivity contribution is 7.91. The van der Waals surface area contributed by atoms with Crippen LogP contribution in [0.3, 0.4) is 0 Å². The number of sulfone groups is 1. The molecule has 2 heterocycles. The number of benzene rings is 1. The van der Waals surface area contributed by atoms with Gasteiger partial charge in [-0.2, -0.15) is 0 Å². The van der Waals surface area contributed by atoms with E-state index in [1.54, 1.807) is 24.4 Å². The fourth-order valence-electron chi connectivity index (χ4n) is 2.49. The molecule has 0 bridgehead atoms. The molecule has 1 atom stereocenters. The summed E-state index contributed by atoms with van der Waals surface area (Å²) >= 11 is 0. The van der Waals surface area contributed by atoms with Gasteiger partial charge in [0.1, 0.15) is 5.69 Å². The Balaban J connectivity index is 1.70. The largest absolute Gasteiger partial charge is 0.326 e. The van der Waals surface area contributed by atoms with Gasteiger partial charge >= 0.3 is 0 Å². The van der Waals surface area contributed by atoms with Crippen molar-refractivity contribution in [3.63, 3.8) is 0 Å². The van der Waals surface area contributed by atoms with Gasteiger partial charge in [0.2, 0.25) is 5.91 Å². The lowest BCUT2D eigenvalue weighted by Crippen LogP contribution is -2.23. The maximum Gasteiger partial charge on any atom is 0.228 e. The maximum atomic E-state index is 12.2. The molecule has 1 aromatic carbocycles. The molecule has 1 N–H and O–H groups in total. The second-order valence-corrected chi connectivity index (χ2v) is 7.86. The minimum atomic E-state index is -3.07. The van der Waals surface area contributed by atoms with Crippen LogP contribution in [-0.2, 0) is 14.6 Å². The van der Waals surface area contributed by atoms with Crippen molar-refractivity contribution in [2.45, 2.75) is 6.42 Å². The molecule has 1 fully saturated rings. The first-order chi connectivity index (χ1) is 11.5. The molecule has 5 nitrogen and oxygen atoms in total. The highest BCUT2D eigenvalue weighted by atomic mass is 32.2. The van der Waals surface area contributed by atoms with Crippen molar-refractivity contribution in [1.29, 1.82) is 0 Å². The van der Waals surface area contributed by atoms with E-state index in [0.29, 0.717) is 17.8 Å². The summed E-state index contributed by atoms with van der Waals surface area (Å²) in [6, 6.07) is 12.7. The van der Waals surface area contributed by atoms with Crippen molar-refractivity contribution >= 4 is 21.4 Å². The van der Waals surface area contributed by atoms with Gasteiger partial charge in [0.05, 0.1) is 17.4 Å². The number of carbonyl (C=O) groups is 1. The average molecular weight is 340 g/mol. The first-order valence-corrected chi connectivity index (χ1v) is 9.38. The molecule has 0 spiro atoms. The summed E-state index contributed by atoms with van der Waals surface area (Å²) in [7, 11) is -3.07. The van der Waals surface area contributed by atoms with Gasteiger partial charge in [-0.05, 0) is 42.7 Å². The van der Waals surface area contributed by atoms with Crippen molar-refractivity contribution in [1.82, 2.24) is 4.98 Å². The van der Waals surface area contributed by atoms with Gasteiger partial charge in [0, 0.05) is 17.4 Å². The van der Waals surface area contributed by atoms with Crippen molar-refractivity contribution in [2.75, 3.05) is 16.8 Å². The Morgan fingerprint density at radius 2 is 2.04 bits per heavy atom. The van der Waals surface area contributed by atoms with Gasteiger partial charge < -0.3 is 5.32 Å². The van der Waals surface area contributed by atoms with E-state index in [9.17, 15) is 13.2 Å². The number of rotatable bonds is 2. The van der Waals surface area contributed by atoms with Crippen LogP contribution in [0.4, 0.5) is 5.69 Å². The molecular formula is C18H16N2O3S. The average Bonchev–Trinajstić information content (AvgIpc) is 2.94. The number of amides is 1. The van der Waals surface area contributed by atoms with Crippen molar-refractivity contribution in [3.05, 3.63) is 59.9 Å². The standard InChI is InChI=1S/C18H16N2O3S/c21-18(15-9-11-24(22,23)13-15)20-17-6-3-4-14(12-17)7-8-16-5-1-2-10-19-16/h1-6,10,12,15H,9,11,13H2,(H,20,21)/t15-/m1/s1. The third-order valence-electron chi connectivity index (χ3n) is 3.73. The van der Waals surface area contributed by atoms with Gasteiger partial charge in [-0.3, -0.25) is 4.79 Å². The fourth-order valence-corrected chi connectivity index (χ4v) is 4.24. The van der Waals surface area contributed by atoms with E-state index in [-0.39, 0.29) is 17.4 Å². The molecule has 1 amide bonds. The second-order valence-electron chi connectivity index (χ2n) is 5.63. The van der Waals surface area contributed by atoms with Crippen LogP contribution in [0, 0.1) is 17.8 Å². The summed E-state index contributed by atoms with van der Waals surface area (Å²) in [5.74, 6) is 5.23. The van der Waals surface area contributed by atoms with Crippen LogP contribution >= 0.6 is 0 Å². The van der Waals surface area contributed by atoms with Crippen molar-refractivity contribution < 1.29 is 13.2 Å². The fraction of sp³-hybridized carbons (Fsp3) is 0.222. The van der Waals surface area contributed by atoms with Crippen molar-refractivity contribution in [3.8, 4) is 11.8 Å². The van der Waals surface area contributed by atoms with E-state index in [2.05, 4.69) is 22.1 Å². The minimum Gasteiger partial charge on any atom is -0.326 e. The van der Waals surface area contributed by atoms with Crippen LogP contribution in [-0.4, -0.2) is 30.8 Å². The molecule has 0 aliphatic carbocycles. The minimum absolute atomic E-state index is 0.0714. The monoisotopic (exact) mass is 340 g/mol. The number of nitrogens with zero attached hydrogens (tertiary/aromatic N) is 1. The zero-order valence-corrected chi connectivity index (χ0v) is 13.7. The molecule has 0 unspecified atom stereocenters. The van der Waals surface area contributed by atoms with Gasteiger partial charge in [-0.25, -0.2) is 13.4 Å². The first-order valence-electron chi connectivity index (χ1n) is 7.56. The summed E-state index contributed by atoms with van der Waals surface area (Å²) in [5.41, 5.74) is 2.03. The van der Waals surface area contributed by atoms with E-state index in [1.165, 1.54) is 0 Å². The highest BCUT2D eigenvalue weighted by Gasteiger charge is 2.32. The summed E-state index contributed by atoms with van der Waals surface area (Å²) in [6.45, 7) is 0. The Kier molecular flexibility index (Phi) is 4.63. The van der Waals surface area contributed by atoms with Crippen LogP contribution in [0.25, 0.3) is 0 Å². The number of hydrogen-bond acceptors (Lipinski definition) is 4. The van der Waals surface area contributed by atoms with E-state index >= 15 is 0 Å². The predicted octanol–water partition coefficient (Wildman–Crippen LogP) is 1.85. The number of pyridine rings is 1. The Hall–Kier alpha value is -2.65. The smallest absolute Gasteiger partial charge is 0.228 e. The van der Waals surface area contributed by atoms with Crippen LogP contribution < -0.4 is 5.32 Å². The third-order valence-corrected chi connectivity index (χ3v) is 5.50. The molecule has 1 aromatic heterocycles. The maximum absolute atomic E-state index is 12.2. The normalized spacial score (nSPS) is 18.4. The molecule has 1 aliphatic heterocycles. The van der Waals surface area contributed by atoms with E-state index in [0.717, 1.165) is 5.56 Å². The number of carbonyl (C=O) groups excluding carboxylic acids is 1. The summed E-state index contributed by atoms with van der Waals surface area (Å²) < 4.78 is 22.9. The molecule has 122 valence electrons. The SMILES string of the molecule is O=C(Nc1cccc(C#Cc2ccccn2)c1)[C@@H]1CCS(=O)(=O)C1. The van der Waals surface area contributed by atoms with Gasteiger partial charge in [0.15, 0.2) is 9.84 Å². The Morgan fingerprint density at radius 3 is 2.75 bits per heavy atom. The summed E-state index contributed by atoms with van der Waals surface area (Å²) in [6.07, 6.45) is 2.06. The Morgan fingerprint density at radius 1 is 1.17 bits per heavy atom. The molecule has 1 saturated heterocycles. The lowest BCUT2D eigenvalue weighted by atomic mass is 10.1.